The number of aromatic amines is 1. The van der Waals surface area contributed by atoms with E-state index in [4.69, 9.17) is 0 Å². The van der Waals surface area contributed by atoms with Crippen LogP contribution in [-0.2, 0) is 6.42 Å². The van der Waals surface area contributed by atoms with E-state index in [1.165, 1.54) is 29.4 Å². The second kappa shape index (κ2) is 4.18. The average Bonchev–Trinajstić information content (AvgIpc) is 2.56. The molecule has 0 spiro atoms. The molecular formula is C12H14BrN. The largest absolute Gasteiger partial charge is 0.358 e. The highest BCUT2D eigenvalue weighted by Crippen LogP contribution is 2.21. The quantitative estimate of drug-likeness (QED) is 0.839. The van der Waals surface area contributed by atoms with E-state index in [0.29, 0.717) is 0 Å². The van der Waals surface area contributed by atoms with Crippen molar-refractivity contribution in [2.24, 2.45) is 0 Å². The van der Waals surface area contributed by atoms with Gasteiger partial charge in [-0.05, 0) is 37.1 Å². The molecule has 1 heterocycles. The maximum atomic E-state index is 3.48. The summed E-state index contributed by atoms with van der Waals surface area (Å²) >= 11 is 3.48. The third-order valence-corrected chi connectivity index (χ3v) is 2.93. The van der Waals surface area contributed by atoms with Crippen LogP contribution in [0, 0.1) is 0 Å². The topological polar surface area (TPSA) is 15.8 Å². The average molecular weight is 252 g/mol. The highest BCUT2D eigenvalue weighted by molar-refractivity contribution is 9.10. The zero-order valence-electron chi connectivity index (χ0n) is 8.31. The minimum absolute atomic E-state index is 1.14. The molecule has 1 aromatic carbocycles. The molecule has 1 aromatic heterocycles. The van der Waals surface area contributed by atoms with Gasteiger partial charge in [-0.1, -0.05) is 29.3 Å². The summed E-state index contributed by atoms with van der Waals surface area (Å²) in [4.78, 5) is 3.44. The van der Waals surface area contributed by atoms with Crippen LogP contribution in [0.5, 0.6) is 0 Å². The van der Waals surface area contributed by atoms with Gasteiger partial charge in [0.05, 0.1) is 0 Å². The van der Waals surface area contributed by atoms with Gasteiger partial charge in [-0.2, -0.15) is 0 Å². The number of halogens is 1. The van der Waals surface area contributed by atoms with Crippen molar-refractivity contribution in [3.8, 4) is 0 Å². The zero-order valence-corrected chi connectivity index (χ0v) is 9.89. The van der Waals surface area contributed by atoms with Crippen molar-refractivity contribution in [2.75, 3.05) is 0 Å². The summed E-state index contributed by atoms with van der Waals surface area (Å²) in [6.45, 7) is 2.22. The van der Waals surface area contributed by atoms with Gasteiger partial charge in [0, 0.05) is 21.1 Å². The summed E-state index contributed by atoms with van der Waals surface area (Å²) in [5.41, 5.74) is 2.58. The predicted octanol–water partition coefficient (Wildman–Crippen LogP) is 4.27. The lowest BCUT2D eigenvalue weighted by molar-refractivity contribution is 0.782. The van der Waals surface area contributed by atoms with Crippen LogP contribution in [-0.4, -0.2) is 4.98 Å². The summed E-state index contributed by atoms with van der Waals surface area (Å²) < 4.78 is 1.14. The van der Waals surface area contributed by atoms with Gasteiger partial charge < -0.3 is 4.98 Å². The maximum absolute atomic E-state index is 3.48. The molecule has 1 N–H and O–H groups in total. The molecular weight excluding hydrogens is 238 g/mol. The number of hydrogen-bond acceptors (Lipinski definition) is 0. The van der Waals surface area contributed by atoms with E-state index >= 15 is 0 Å². The Morgan fingerprint density at radius 3 is 2.93 bits per heavy atom. The summed E-state index contributed by atoms with van der Waals surface area (Å²) in [5.74, 6) is 0. The number of nitrogens with one attached hydrogen (secondary N) is 1. The monoisotopic (exact) mass is 251 g/mol. The lowest BCUT2D eigenvalue weighted by atomic mass is 10.2. The molecule has 0 fully saturated rings. The maximum Gasteiger partial charge on any atom is 0.0456 e. The molecule has 14 heavy (non-hydrogen) atoms. The van der Waals surface area contributed by atoms with Gasteiger partial charge in [0.15, 0.2) is 0 Å². The Morgan fingerprint density at radius 1 is 1.29 bits per heavy atom. The van der Waals surface area contributed by atoms with Gasteiger partial charge in [-0.15, -0.1) is 0 Å². The van der Waals surface area contributed by atoms with Crippen molar-refractivity contribution in [1.29, 1.82) is 0 Å². The fourth-order valence-electron chi connectivity index (χ4n) is 1.67. The first-order chi connectivity index (χ1) is 6.79. The first-order valence-electron chi connectivity index (χ1n) is 5.07. The van der Waals surface area contributed by atoms with Gasteiger partial charge in [0.2, 0.25) is 0 Å². The smallest absolute Gasteiger partial charge is 0.0456 e. The molecule has 0 bridgehead atoms. The number of H-pyrrole nitrogens is 1. The molecule has 1 nitrogen and oxygen atoms in total. The van der Waals surface area contributed by atoms with Crippen molar-refractivity contribution in [3.05, 3.63) is 34.4 Å². The Bertz CT molecular complexity index is 431. The Kier molecular flexibility index (Phi) is 2.92. The Balaban J connectivity index is 2.32. The summed E-state index contributed by atoms with van der Waals surface area (Å²) in [7, 11) is 0. The van der Waals surface area contributed by atoms with Crippen molar-refractivity contribution in [3.63, 3.8) is 0 Å². The number of aryl methyl sites for hydroxylation is 1. The zero-order chi connectivity index (χ0) is 9.97. The molecule has 0 aliphatic rings. The predicted molar refractivity (Wildman–Crippen MR) is 64.6 cm³/mol. The van der Waals surface area contributed by atoms with Crippen LogP contribution in [0.15, 0.2) is 28.7 Å². The lowest BCUT2D eigenvalue weighted by Gasteiger charge is -1.92. The number of rotatable bonds is 3. The molecule has 2 aromatic rings. The van der Waals surface area contributed by atoms with E-state index in [1.54, 1.807) is 0 Å². The Morgan fingerprint density at radius 2 is 2.14 bits per heavy atom. The van der Waals surface area contributed by atoms with Crippen molar-refractivity contribution in [2.45, 2.75) is 26.2 Å². The second-order valence-electron chi connectivity index (χ2n) is 3.63. The van der Waals surface area contributed by atoms with E-state index < -0.39 is 0 Å². The van der Waals surface area contributed by atoms with Gasteiger partial charge in [-0.25, -0.2) is 0 Å². The minimum Gasteiger partial charge on any atom is -0.358 e. The SMILES string of the molecule is CCCCc1cc2cc(Br)ccc2[nH]1. The molecule has 74 valence electrons. The lowest BCUT2D eigenvalue weighted by Crippen LogP contribution is -1.82. The van der Waals surface area contributed by atoms with E-state index in [-0.39, 0.29) is 0 Å². The summed E-state index contributed by atoms with van der Waals surface area (Å²) in [5, 5.41) is 1.30. The number of fused-ring (bicyclic) bond motifs is 1. The molecule has 2 rings (SSSR count). The van der Waals surface area contributed by atoms with Gasteiger partial charge in [0.25, 0.3) is 0 Å². The number of unbranched alkanes of at least 4 members (excludes halogenated alkanes) is 1. The summed E-state index contributed by atoms with van der Waals surface area (Å²) in [6.07, 6.45) is 3.66. The van der Waals surface area contributed by atoms with E-state index in [2.05, 4.69) is 52.1 Å². The highest BCUT2D eigenvalue weighted by atomic mass is 79.9. The molecule has 2 heteroatoms. The third-order valence-electron chi connectivity index (χ3n) is 2.44. The van der Waals surface area contributed by atoms with Crippen LogP contribution in [0.2, 0.25) is 0 Å². The van der Waals surface area contributed by atoms with E-state index in [9.17, 15) is 0 Å². The van der Waals surface area contributed by atoms with Gasteiger partial charge in [0.1, 0.15) is 0 Å². The molecule has 0 unspecified atom stereocenters. The molecule has 0 amide bonds. The van der Waals surface area contributed by atoms with Crippen molar-refractivity contribution < 1.29 is 0 Å². The van der Waals surface area contributed by atoms with Crippen LogP contribution in [0.4, 0.5) is 0 Å². The normalized spacial score (nSPS) is 11.0. The number of aromatic nitrogens is 1. The highest BCUT2D eigenvalue weighted by Gasteiger charge is 2.00. The van der Waals surface area contributed by atoms with E-state index in [0.717, 1.165) is 10.9 Å². The Labute approximate surface area is 92.6 Å². The van der Waals surface area contributed by atoms with Crippen molar-refractivity contribution in [1.82, 2.24) is 4.98 Å². The molecule has 0 atom stereocenters. The minimum atomic E-state index is 1.14. The summed E-state index contributed by atoms with van der Waals surface area (Å²) in [6, 6.07) is 8.59. The number of hydrogen-bond donors (Lipinski definition) is 1. The van der Waals surface area contributed by atoms with Crippen molar-refractivity contribution >= 4 is 26.8 Å². The van der Waals surface area contributed by atoms with E-state index in [1.807, 2.05) is 0 Å². The van der Waals surface area contributed by atoms with Crippen LogP contribution < -0.4 is 0 Å². The van der Waals surface area contributed by atoms with Gasteiger partial charge in [-0.3, -0.25) is 0 Å². The second-order valence-corrected chi connectivity index (χ2v) is 4.55. The Hall–Kier alpha value is -0.760. The van der Waals surface area contributed by atoms with Crippen LogP contribution in [0.25, 0.3) is 10.9 Å². The fraction of sp³-hybridized carbons (Fsp3) is 0.333. The first-order valence-corrected chi connectivity index (χ1v) is 5.86. The van der Waals surface area contributed by atoms with Crippen LogP contribution >= 0.6 is 15.9 Å². The molecule has 0 aliphatic carbocycles. The van der Waals surface area contributed by atoms with Crippen LogP contribution in [0.3, 0.4) is 0 Å². The van der Waals surface area contributed by atoms with Crippen LogP contribution in [0.1, 0.15) is 25.5 Å². The molecule has 0 saturated heterocycles. The first kappa shape index (κ1) is 9.78. The molecule has 0 saturated carbocycles. The van der Waals surface area contributed by atoms with Gasteiger partial charge >= 0.3 is 0 Å². The molecule has 0 radical (unpaired) electrons. The molecule has 0 aliphatic heterocycles. The third kappa shape index (κ3) is 2.01. The fourth-order valence-corrected chi connectivity index (χ4v) is 2.04. The number of benzene rings is 1. The standard InChI is InChI=1S/C12H14BrN/c1-2-3-4-11-8-9-7-10(13)5-6-12(9)14-11/h5-8,14H,2-4H2,1H3.